The van der Waals surface area contributed by atoms with Crippen LogP contribution in [-0.2, 0) is 11.2 Å². The van der Waals surface area contributed by atoms with Gasteiger partial charge in [-0.15, -0.1) is 0 Å². The van der Waals surface area contributed by atoms with E-state index >= 15 is 0 Å². The summed E-state index contributed by atoms with van der Waals surface area (Å²) in [6.45, 7) is 1.52. The van der Waals surface area contributed by atoms with Crippen LogP contribution in [0, 0.1) is 5.92 Å². The summed E-state index contributed by atoms with van der Waals surface area (Å²) >= 11 is 5.84. The molecule has 0 spiro atoms. The van der Waals surface area contributed by atoms with Crippen LogP contribution in [0.1, 0.15) is 24.2 Å². The Kier molecular flexibility index (Phi) is 4.94. The van der Waals surface area contributed by atoms with Crippen LogP contribution in [0.15, 0.2) is 54.6 Å². The van der Waals surface area contributed by atoms with Crippen molar-refractivity contribution in [3.63, 3.8) is 0 Å². The Labute approximate surface area is 124 Å². The van der Waals surface area contributed by atoms with Crippen molar-refractivity contribution in [2.45, 2.75) is 19.4 Å². The third-order valence-electron chi connectivity index (χ3n) is 3.41. The van der Waals surface area contributed by atoms with Crippen LogP contribution in [0.5, 0.6) is 0 Å². The molecule has 0 bridgehead atoms. The van der Waals surface area contributed by atoms with Crippen molar-refractivity contribution in [2.24, 2.45) is 5.92 Å². The van der Waals surface area contributed by atoms with Crippen LogP contribution >= 0.6 is 11.6 Å². The molecule has 0 amide bonds. The quantitative estimate of drug-likeness (QED) is 0.908. The lowest BCUT2D eigenvalue weighted by atomic mass is 9.87. The molecule has 104 valence electrons. The lowest BCUT2D eigenvalue weighted by Crippen LogP contribution is -2.22. The molecule has 0 heterocycles. The van der Waals surface area contributed by atoms with Gasteiger partial charge < -0.3 is 5.11 Å². The molecule has 2 aromatic rings. The molecule has 2 atom stereocenters. The number of benzene rings is 2. The summed E-state index contributed by atoms with van der Waals surface area (Å²) in [7, 11) is 0. The number of halogens is 1. The molecule has 0 aliphatic rings. The van der Waals surface area contributed by atoms with E-state index in [1.165, 1.54) is 6.92 Å². The minimum atomic E-state index is -0.815. The van der Waals surface area contributed by atoms with Crippen LogP contribution in [0.25, 0.3) is 0 Å². The first kappa shape index (κ1) is 14.8. The van der Waals surface area contributed by atoms with E-state index in [2.05, 4.69) is 0 Å². The van der Waals surface area contributed by atoms with Gasteiger partial charge in [-0.05, 0) is 36.6 Å². The fourth-order valence-corrected chi connectivity index (χ4v) is 2.36. The maximum atomic E-state index is 11.8. The molecule has 0 aliphatic heterocycles. The highest BCUT2D eigenvalue weighted by molar-refractivity contribution is 6.30. The Morgan fingerprint density at radius 3 is 2.25 bits per heavy atom. The van der Waals surface area contributed by atoms with Gasteiger partial charge >= 0.3 is 0 Å². The SMILES string of the molecule is CC(=O)[C@H](Cc1ccccc1)[C@@H](O)c1ccc(Cl)cc1. The number of hydrogen-bond acceptors (Lipinski definition) is 2. The summed E-state index contributed by atoms with van der Waals surface area (Å²) in [5, 5.41) is 11.1. The number of carbonyl (C=O) groups is 1. The summed E-state index contributed by atoms with van der Waals surface area (Å²) in [6, 6.07) is 16.7. The third-order valence-corrected chi connectivity index (χ3v) is 3.67. The van der Waals surface area contributed by atoms with Crippen molar-refractivity contribution in [1.82, 2.24) is 0 Å². The average molecular weight is 289 g/mol. The largest absolute Gasteiger partial charge is 0.388 e. The van der Waals surface area contributed by atoms with Gasteiger partial charge in [-0.3, -0.25) is 4.79 Å². The summed E-state index contributed by atoms with van der Waals surface area (Å²) in [5.74, 6) is -0.463. The normalized spacial score (nSPS) is 13.8. The molecule has 3 heteroatoms. The molecule has 0 saturated heterocycles. The number of carbonyl (C=O) groups excluding carboxylic acids is 1. The highest BCUT2D eigenvalue weighted by Gasteiger charge is 2.25. The van der Waals surface area contributed by atoms with Crippen LogP contribution in [0.3, 0.4) is 0 Å². The third kappa shape index (κ3) is 3.69. The molecule has 0 unspecified atom stereocenters. The van der Waals surface area contributed by atoms with Gasteiger partial charge in [0.1, 0.15) is 5.78 Å². The Hall–Kier alpha value is -1.64. The van der Waals surface area contributed by atoms with Gasteiger partial charge in [-0.2, -0.15) is 0 Å². The number of ketones is 1. The van der Waals surface area contributed by atoms with Crippen molar-refractivity contribution in [2.75, 3.05) is 0 Å². The van der Waals surface area contributed by atoms with E-state index in [9.17, 15) is 9.90 Å². The molecule has 2 aromatic carbocycles. The monoisotopic (exact) mass is 288 g/mol. The van der Waals surface area contributed by atoms with Gasteiger partial charge in [-0.1, -0.05) is 54.1 Å². The lowest BCUT2D eigenvalue weighted by molar-refractivity contribution is -0.124. The van der Waals surface area contributed by atoms with E-state index in [1.807, 2.05) is 30.3 Å². The minimum Gasteiger partial charge on any atom is -0.388 e. The summed E-state index contributed by atoms with van der Waals surface area (Å²) in [5.41, 5.74) is 1.76. The van der Waals surface area contributed by atoms with E-state index in [1.54, 1.807) is 24.3 Å². The topological polar surface area (TPSA) is 37.3 Å². The van der Waals surface area contributed by atoms with Crippen molar-refractivity contribution in [1.29, 1.82) is 0 Å². The summed E-state index contributed by atoms with van der Waals surface area (Å²) in [6.07, 6.45) is -0.287. The van der Waals surface area contributed by atoms with Gasteiger partial charge in [-0.25, -0.2) is 0 Å². The predicted octanol–water partition coefficient (Wildman–Crippen LogP) is 3.82. The van der Waals surface area contributed by atoms with Crippen LogP contribution in [0.4, 0.5) is 0 Å². The van der Waals surface area contributed by atoms with Crippen LogP contribution in [0.2, 0.25) is 5.02 Å². The minimum absolute atomic E-state index is 0.0173. The molecular formula is C17H17ClO2. The Bertz CT molecular complexity index is 563. The summed E-state index contributed by atoms with van der Waals surface area (Å²) in [4.78, 5) is 11.8. The van der Waals surface area contributed by atoms with Crippen molar-refractivity contribution >= 4 is 17.4 Å². The van der Waals surface area contributed by atoms with E-state index in [0.717, 1.165) is 5.56 Å². The zero-order valence-electron chi connectivity index (χ0n) is 11.3. The molecule has 1 N–H and O–H groups in total. The first-order valence-electron chi connectivity index (χ1n) is 6.56. The Balaban J connectivity index is 2.20. The molecule has 20 heavy (non-hydrogen) atoms. The van der Waals surface area contributed by atoms with Gasteiger partial charge in [0.25, 0.3) is 0 Å². The van der Waals surface area contributed by atoms with Crippen LogP contribution in [-0.4, -0.2) is 10.9 Å². The second-order valence-electron chi connectivity index (χ2n) is 4.90. The Morgan fingerprint density at radius 1 is 1.10 bits per heavy atom. The first-order chi connectivity index (χ1) is 9.58. The van der Waals surface area contributed by atoms with Crippen molar-refractivity contribution in [3.05, 3.63) is 70.7 Å². The number of hydrogen-bond donors (Lipinski definition) is 1. The second kappa shape index (κ2) is 6.69. The van der Waals surface area contributed by atoms with E-state index in [4.69, 9.17) is 11.6 Å². The highest BCUT2D eigenvalue weighted by Crippen LogP contribution is 2.27. The van der Waals surface area contributed by atoms with Gasteiger partial charge in [0.05, 0.1) is 12.0 Å². The molecule has 2 rings (SSSR count). The molecule has 0 fully saturated rings. The lowest BCUT2D eigenvalue weighted by Gasteiger charge is -2.21. The fourth-order valence-electron chi connectivity index (χ4n) is 2.24. The molecular weight excluding hydrogens is 272 g/mol. The Morgan fingerprint density at radius 2 is 1.70 bits per heavy atom. The maximum Gasteiger partial charge on any atom is 0.136 e. The number of rotatable bonds is 5. The van der Waals surface area contributed by atoms with E-state index in [-0.39, 0.29) is 5.78 Å². The van der Waals surface area contributed by atoms with E-state index < -0.39 is 12.0 Å². The summed E-state index contributed by atoms with van der Waals surface area (Å²) < 4.78 is 0. The van der Waals surface area contributed by atoms with Gasteiger partial charge in [0.2, 0.25) is 0 Å². The molecule has 0 aromatic heterocycles. The van der Waals surface area contributed by atoms with Gasteiger partial charge in [0.15, 0.2) is 0 Å². The number of aliphatic hydroxyl groups is 1. The second-order valence-corrected chi connectivity index (χ2v) is 5.34. The predicted molar refractivity (Wildman–Crippen MR) is 80.7 cm³/mol. The van der Waals surface area contributed by atoms with Crippen molar-refractivity contribution < 1.29 is 9.90 Å². The average Bonchev–Trinajstić information content (AvgIpc) is 2.45. The maximum absolute atomic E-state index is 11.8. The fraction of sp³-hybridized carbons (Fsp3) is 0.235. The molecule has 0 saturated carbocycles. The zero-order chi connectivity index (χ0) is 14.5. The highest BCUT2D eigenvalue weighted by atomic mass is 35.5. The zero-order valence-corrected chi connectivity index (χ0v) is 12.0. The van der Waals surface area contributed by atoms with Crippen molar-refractivity contribution in [3.8, 4) is 0 Å². The number of Topliss-reactive ketones (excluding diaryl/α,β-unsaturated/α-hetero) is 1. The standard InChI is InChI=1S/C17H17ClO2/c1-12(19)16(11-13-5-3-2-4-6-13)17(20)14-7-9-15(18)10-8-14/h2-10,16-17,20H,11H2,1H3/t16-,17-/m0/s1. The molecule has 0 aliphatic carbocycles. The van der Waals surface area contributed by atoms with E-state index in [0.29, 0.717) is 17.0 Å². The van der Waals surface area contributed by atoms with Crippen LogP contribution < -0.4 is 0 Å². The smallest absolute Gasteiger partial charge is 0.136 e. The molecule has 0 radical (unpaired) electrons. The van der Waals surface area contributed by atoms with Gasteiger partial charge in [0, 0.05) is 5.02 Å². The number of aliphatic hydroxyl groups excluding tert-OH is 1. The first-order valence-corrected chi connectivity index (χ1v) is 6.93. The molecule has 2 nitrogen and oxygen atoms in total.